The van der Waals surface area contributed by atoms with E-state index in [9.17, 15) is 14.7 Å². The van der Waals surface area contributed by atoms with Gasteiger partial charge >= 0.3 is 5.97 Å². The van der Waals surface area contributed by atoms with E-state index in [2.05, 4.69) is 10.3 Å². The van der Waals surface area contributed by atoms with Crippen molar-refractivity contribution in [3.63, 3.8) is 0 Å². The second kappa shape index (κ2) is 10.6. The number of halogens is 1. The number of anilines is 1. The second-order valence-electron chi connectivity index (χ2n) is 8.37. The second-order valence-corrected chi connectivity index (χ2v) is 10.5. The number of methoxy groups -OCH3 is 1. The first-order valence-corrected chi connectivity index (χ1v) is 11.9. The van der Waals surface area contributed by atoms with Crippen molar-refractivity contribution in [2.24, 2.45) is 0 Å². The zero-order chi connectivity index (χ0) is 25.0. The molecule has 2 aromatic carbocycles. The van der Waals surface area contributed by atoms with E-state index >= 15 is 0 Å². The van der Waals surface area contributed by atoms with Gasteiger partial charge in [-0.2, -0.15) is 0 Å². The first-order valence-electron chi connectivity index (χ1n) is 10.7. The lowest BCUT2D eigenvalue weighted by Gasteiger charge is -2.18. The number of carbonyl (C=O) groups is 2. The van der Waals surface area contributed by atoms with E-state index in [1.165, 1.54) is 11.8 Å². The quantitative estimate of drug-likeness (QED) is 0.367. The Kier molecular flexibility index (Phi) is 8.07. The van der Waals surface area contributed by atoms with Gasteiger partial charge in [0.15, 0.2) is 0 Å². The van der Waals surface area contributed by atoms with Crippen LogP contribution in [0.15, 0.2) is 47.4 Å². The summed E-state index contributed by atoms with van der Waals surface area (Å²) in [6.07, 6.45) is 0. The minimum absolute atomic E-state index is 0.316. The molecule has 0 unspecified atom stereocenters. The Morgan fingerprint density at radius 2 is 1.85 bits per heavy atom. The summed E-state index contributed by atoms with van der Waals surface area (Å²) in [6, 6.07) is 12.8. The molecule has 2 N–H and O–H groups in total. The van der Waals surface area contributed by atoms with E-state index in [0.29, 0.717) is 35.4 Å². The highest BCUT2D eigenvalue weighted by molar-refractivity contribution is 8.01. The zero-order valence-electron chi connectivity index (χ0n) is 19.8. The van der Waals surface area contributed by atoms with Crippen molar-refractivity contribution >= 4 is 40.9 Å². The predicted molar refractivity (Wildman–Crippen MR) is 136 cm³/mol. The van der Waals surface area contributed by atoms with Crippen molar-refractivity contribution in [3.05, 3.63) is 64.4 Å². The van der Waals surface area contributed by atoms with E-state index in [1.807, 2.05) is 48.7 Å². The molecule has 0 radical (unpaired) electrons. The van der Waals surface area contributed by atoms with Gasteiger partial charge in [0.1, 0.15) is 16.3 Å². The van der Waals surface area contributed by atoms with Crippen LogP contribution in [0.2, 0.25) is 5.02 Å². The maximum atomic E-state index is 13.1. The molecule has 1 heterocycles. The van der Waals surface area contributed by atoms with Crippen LogP contribution in [0.4, 0.5) is 5.69 Å². The number of ether oxygens (including phenoxy) is 1. The van der Waals surface area contributed by atoms with Crippen LogP contribution in [0.3, 0.4) is 0 Å². The Bertz CT molecular complexity index is 1210. The lowest BCUT2D eigenvalue weighted by atomic mass is 10.2. The molecule has 0 aliphatic rings. The van der Waals surface area contributed by atoms with Crippen molar-refractivity contribution in [1.29, 1.82) is 0 Å². The van der Waals surface area contributed by atoms with Gasteiger partial charge in [-0.15, -0.1) is 11.8 Å². The van der Waals surface area contributed by atoms with Crippen LogP contribution < -0.4 is 5.32 Å². The van der Waals surface area contributed by atoms with E-state index < -0.39 is 10.7 Å². The fourth-order valence-corrected chi connectivity index (χ4v) is 4.47. The number of amides is 1. The topological polar surface area (TPSA) is 93.4 Å². The number of hydrogen-bond acceptors (Lipinski definition) is 5. The summed E-state index contributed by atoms with van der Waals surface area (Å²) < 4.78 is 6.26. The molecule has 0 aliphatic heterocycles. The molecule has 1 amide bonds. The number of thioether (sulfide) groups is 1. The monoisotopic (exact) mass is 501 g/mol. The maximum absolute atomic E-state index is 13.1. The van der Waals surface area contributed by atoms with Gasteiger partial charge in [-0.3, -0.25) is 9.59 Å². The molecular weight excluding hydrogens is 474 g/mol. The number of hydrogen-bond donors (Lipinski definition) is 2. The van der Waals surface area contributed by atoms with Gasteiger partial charge in [-0.1, -0.05) is 29.8 Å². The first-order chi connectivity index (χ1) is 16.0. The predicted octanol–water partition coefficient (Wildman–Crippen LogP) is 5.67. The first kappa shape index (κ1) is 25.8. The van der Waals surface area contributed by atoms with Crippen molar-refractivity contribution < 1.29 is 19.4 Å². The van der Waals surface area contributed by atoms with Crippen molar-refractivity contribution in [1.82, 2.24) is 9.55 Å². The number of rotatable bonds is 9. The van der Waals surface area contributed by atoms with Gasteiger partial charge in [0, 0.05) is 40.5 Å². The standard InChI is InChI=1S/C25H28ClN3O4S/c1-15-6-9-18(26)14-20(15)27-23(30)21-16(2)29(12-13-33-5)22(28-21)17-7-10-19(11-8-17)34-25(3,4)24(31)32/h6-11,14H,12-13H2,1-5H3,(H,27,30)(H,31,32). The van der Waals surface area contributed by atoms with Crippen LogP contribution in [0.1, 0.15) is 35.6 Å². The average Bonchev–Trinajstić information content (AvgIpc) is 3.11. The number of nitrogens with one attached hydrogen (secondary N) is 1. The molecule has 180 valence electrons. The van der Waals surface area contributed by atoms with Gasteiger partial charge in [-0.25, -0.2) is 4.98 Å². The van der Waals surface area contributed by atoms with Gasteiger partial charge in [0.05, 0.1) is 6.61 Å². The highest BCUT2D eigenvalue weighted by Crippen LogP contribution is 2.34. The molecule has 3 aromatic rings. The Balaban J connectivity index is 1.94. The molecule has 3 rings (SSSR count). The van der Waals surface area contributed by atoms with Gasteiger partial charge in [-0.05, 0) is 57.5 Å². The minimum Gasteiger partial charge on any atom is -0.480 e. The number of aliphatic carboxylic acids is 1. The molecule has 34 heavy (non-hydrogen) atoms. The molecule has 7 nitrogen and oxygen atoms in total. The SMILES string of the molecule is COCCn1c(-c2ccc(SC(C)(C)C(=O)O)cc2)nc(C(=O)Nc2cc(Cl)ccc2C)c1C. The summed E-state index contributed by atoms with van der Waals surface area (Å²) in [5, 5.41) is 12.8. The molecule has 0 aliphatic carbocycles. The van der Waals surface area contributed by atoms with Crippen LogP contribution in [-0.2, 0) is 16.1 Å². The van der Waals surface area contributed by atoms with Crippen LogP contribution in [0, 0.1) is 13.8 Å². The lowest BCUT2D eigenvalue weighted by molar-refractivity contribution is -0.138. The Morgan fingerprint density at radius 1 is 1.18 bits per heavy atom. The number of carbonyl (C=O) groups excluding carboxylic acids is 1. The van der Waals surface area contributed by atoms with Crippen molar-refractivity contribution in [3.8, 4) is 11.4 Å². The fourth-order valence-electron chi connectivity index (χ4n) is 3.35. The third-order valence-electron chi connectivity index (χ3n) is 5.40. The fraction of sp³-hybridized carbons (Fsp3) is 0.320. The third-order valence-corrected chi connectivity index (χ3v) is 6.83. The number of carboxylic acid groups (broad SMARTS) is 1. The summed E-state index contributed by atoms with van der Waals surface area (Å²) in [5.41, 5.74) is 3.37. The number of aryl methyl sites for hydroxylation is 1. The van der Waals surface area contributed by atoms with Gasteiger partial charge in [0.2, 0.25) is 0 Å². The Hall–Kier alpha value is -2.81. The molecule has 0 bridgehead atoms. The third kappa shape index (κ3) is 5.81. The summed E-state index contributed by atoms with van der Waals surface area (Å²) >= 11 is 7.37. The van der Waals surface area contributed by atoms with E-state index in [-0.39, 0.29) is 5.91 Å². The summed E-state index contributed by atoms with van der Waals surface area (Å²) in [4.78, 5) is 30.1. The Morgan fingerprint density at radius 3 is 2.47 bits per heavy atom. The van der Waals surface area contributed by atoms with Crippen LogP contribution in [-0.4, -0.2) is 45.0 Å². The molecular formula is C25H28ClN3O4S. The molecule has 0 saturated heterocycles. The van der Waals surface area contributed by atoms with E-state index in [4.69, 9.17) is 16.3 Å². The zero-order valence-corrected chi connectivity index (χ0v) is 21.4. The van der Waals surface area contributed by atoms with E-state index in [0.717, 1.165) is 21.7 Å². The smallest absolute Gasteiger partial charge is 0.319 e. The number of aromatic nitrogens is 2. The normalized spacial score (nSPS) is 11.5. The number of carboxylic acids is 1. The van der Waals surface area contributed by atoms with Gasteiger partial charge < -0.3 is 19.7 Å². The van der Waals surface area contributed by atoms with E-state index in [1.54, 1.807) is 33.1 Å². The minimum atomic E-state index is -0.946. The molecule has 0 atom stereocenters. The largest absolute Gasteiger partial charge is 0.480 e. The summed E-state index contributed by atoms with van der Waals surface area (Å²) in [6.45, 7) is 8.07. The Labute approximate surface area is 208 Å². The number of nitrogens with zero attached hydrogens (tertiary/aromatic N) is 2. The molecule has 9 heteroatoms. The molecule has 0 saturated carbocycles. The van der Waals surface area contributed by atoms with Gasteiger partial charge in [0.25, 0.3) is 5.91 Å². The van der Waals surface area contributed by atoms with Crippen LogP contribution in [0.5, 0.6) is 0 Å². The molecule has 1 aromatic heterocycles. The van der Waals surface area contributed by atoms with Crippen LogP contribution in [0.25, 0.3) is 11.4 Å². The van der Waals surface area contributed by atoms with Crippen LogP contribution >= 0.6 is 23.4 Å². The highest BCUT2D eigenvalue weighted by atomic mass is 35.5. The maximum Gasteiger partial charge on any atom is 0.319 e. The summed E-state index contributed by atoms with van der Waals surface area (Å²) in [5.74, 6) is -0.565. The number of imidazole rings is 1. The van der Waals surface area contributed by atoms with Crippen molar-refractivity contribution in [2.45, 2.75) is 43.9 Å². The summed E-state index contributed by atoms with van der Waals surface area (Å²) in [7, 11) is 1.62. The number of benzene rings is 2. The lowest BCUT2D eigenvalue weighted by Crippen LogP contribution is -2.26. The molecule has 0 fully saturated rings. The average molecular weight is 502 g/mol. The van der Waals surface area contributed by atoms with Crippen molar-refractivity contribution in [2.75, 3.05) is 19.0 Å². The molecule has 0 spiro atoms. The highest BCUT2D eigenvalue weighted by Gasteiger charge is 2.28.